The smallest absolute Gasteiger partial charge is 0.265 e. The van der Waals surface area contributed by atoms with Crippen molar-refractivity contribution in [1.29, 1.82) is 0 Å². The summed E-state index contributed by atoms with van der Waals surface area (Å²) in [5.41, 5.74) is 2.00. The van der Waals surface area contributed by atoms with Crippen LogP contribution in [0.3, 0.4) is 0 Å². The maximum Gasteiger partial charge on any atom is 0.265 e. The number of ether oxygens (including phenoxy) is 1. The van der Waals surface area contributed by atoms with Gasteiger partial charge in [-0.25, -0.2) is 4.98 Å². The van der Waals surface area contributed by atoms with E-state index in [4.69, 9.17) is 17.0 Å². The summed E-state index contributed by atoms with van der Waals surface area (Å²) in [6.45, 7) is 9.50. The standard InChI is InChI=1S/C20H27BrN4O2S/c1-5-9-22-20(28)23-13-7-8-15(27-10-6-2)14(11-13)18-24-17(12(3)4)16(21)19(26)25-18/h7-8,11-12H,5-6,9-10H2,1-4H3,(H2,22,23,28)(H,24,25,26). The molecule has 1 aromatic carbocycles. The van der Waals surface area contributed by atoms with Crippen molar-refractivity contribution in [1.82, 2.24) is 15.3 Å². The summed E-state index contributed by atoms with van der Waals surface area (Å²) >= 11 is 8.67. The fourth-order valence-corrected chi connectivity index (χ4v) is 3.40. The highest BCUT2D eigenvalue weighted by Crippen LogP contribution is 2.32. The van der Waals surface area contributed by atoms with E-state index in [-0.39, 0.29) is 11.5 Å². The Labute approximate surface area is 179 Å². The highest BCUT2D eigenvalue weighted by molar-refractivity contribution is 9.10. The molecular weight excluding hydrogens is 440 g/mol. The van der Waals surface area contributed by atoms with Crippen molar-refractivity contribution in [2.45, 2.75) is 46.5 Å². The quantitative estimate of drug-likeness (QED) is 0.484. The van der Waals surface area contributed by atoms with Crippen molar-refractivity contribution in [2.75, 3.05) is 18.5 Å². The van der Waals surface area contributed by atoms with Crippen LogP contribution in [0.2, 0.25) is 0 Å². The summed E-state index contributed by atoms with van der Waals surface area (Å²) in [7, 11) is 0. The first-order chi connectivity index (χ1) is 13.4. The molecule has 28 heavy (non-hydrogen) atoms. The summed E-state index contributed by atoms with van der Waals surface area (Å²) in [5, 5.41) is 6.86. The predicted octanol–water partition coefficient (Wildman–Crippen LogP) is 4.81. The van der Waals surface area contributed by atoms with Crippen molar-refractivity contribution in [3.8, 4) is 17.1 Å². The van der Waals surface area contributed by atoms with Gasteiger partial charge in [-0.1, -0.05) is 27.7 Å². The van der Waals surface area contributed by atoms with Gasteiger partial charge in [0.1, 0.15) is 16.0 Å². The minimum Gasteiger partial charge on any atom is -0.493 e. The molecule has 6 nitrogen and oxygen atoms in total. The van der Waals surface area contributed by atoms with Crippen LogP contribution in [0.5, 0.6) is 5.75 Å². The Morgan fingerprint density at radius 3 is 2.71 bits per heavy atom. The topological polar surface area (TPSA) is 79.0 Å². The van der Waals surface area contributed by atoms with Gasteiger partial charge in [0.05, 0.1) is 17.9 Å². The van der Waals surface area contributed by atoms with Gasteiger partial charge in [0, 0.05) is 12.2 Å². The Kier molecular flexibility index (Phi) is 8.44. The van der Waals surface area contributed by atoms with Gasteiger partial charge in [0.2, 0.25) is 0 Å². The maximum absolute atomic E-state index is 12.4. The normalized spacial score (nSPS) is 10.8. The monoisotopic (exact) mass is 466 g/mol. The van der Waals surface area contributed by atoms with Crippen molar-refractivity contribution >= 4 is 38.9 Å². The third kappa shape index (κ3) is 5.78. The second-order valence-corrected chi connectivity index (χ2v) is 7.91. The maximum atomic E-state index is 12.4. The van der Waals surface area contributed by atoms with Gasteiger partial charge in [0.25, 0.3) is 5.56 Å². The third-order valence-electron chi connectivity index (χ3n) is 3.93. The van der Waals surface area contributed by atoms with Gasteiger partial charge >= 0.3 is 0 Å². The van der Waals surface area contributed by atoms with Crippen molar-refractivity contribution in [3.63, 3.8) is 0 Å². The molecule has 0 amide bonds. The number of halogens is 1. The molecule has 0 atom stereocenters. The molecule has 152 valence electrons. The molecule has 2 aromatic rings. The molecule has 2 rings (SSSR count). The Hall–Kier alpha value is -1.93. The van der Waals surface area contributed by atoms with Crippen LogP contribution in [0.15, 0.2) is 27.5 Å². The average molecular weight is 467 g/mol. The number of thiocarbonyl (C=S) groups is 1. The molecule has 3 N–H and O–H groups in total. The van der Waals surface area contributed by atoms with Gasteiger partial charge in [-0.15, -0.1) is 0 Å². The summed E-state index contributed by atoms with van der Waals surface area (Å²) in [5.74, 6) is 1.24. The molecule has 0 bridgehead atoms. The molecule has 8 heteroatoms. The molecule has 0 saturated carbocycles. The Morgan fingerprint density at radius 1 is 1.32 bits per heavy atom. The zero-order valence-electron chi connectivity index (χ0n) is 16.7. The van der Waals surface area contributed by atoms with E-state index in [0.717, 1.165) is 25.1 Å². The van der Waals surface area contributed by atoms with Crippen LogP contribution < -0.4 is 20.9 Å². The molecule has 0 aliphatic rings. The lowest BCUT2D eigenvalue weighted by Gasteiger charge is -2.16. The number of rotatable bonds is 8. The number of benzene rings is 1. The fraction of sp³-hybridized carbons (Fsp3) is 0.450. The Morgan fingerprint density at radius 2 is 2.07 bits per heavy atom. The molecule has 1 heterocycles. The second kappa shape index (κ2) is 10.6. The molecule has 0 aliphatic carbocycles. The van der Waals surface area contributed by atoms with Gasteiger partial charge in [-0.2, -0.15) is 0 Å². The van der Waals surface area contributed by atoms with Crippen LogP contribution in [0.1, 0.15) is 52.1 Å². The third-order valence-corrected chi connectivity index (χ3v) is 4.94. The summed E-state index contributed by atoms with van der Waals surface area (Å²) in [4.78, 5) is 19.9. The minimum atomic E-state index is -0.214. The van der Waals surface area contributed by atoms with E-state index in [9.17, 15) is 4.79 Å². The number of hydrogen-bond acceptors (Lipinski definition) is 4. The molecule has 0 radical (unpaired) electrons. The summed E-state index contributed by atoms with van der Waals surface area (Å²) < 4.78 is 6.35. The van der Waals surface area contributed by atoms with E-state index in [1.807, 2.05) is 39.0 Å². The zero-order valence-corrected chi connectivity index (χ0v) is 19.1. The number of nitrogens with zero attached hydrogens (tertiary/aromatic N) is 1. The van der Waals surface area contributed by atoms with Crippen LogP contribution in [-0.2, 0) is 0 Å². The molecule has 0 spiro atoms. The lowest BCUT2D eigenvalue weighted by Crippen LogP contribution is -2.28. The number of H-pyrrole nitrogens is 1. The predicted molar refractivity (Wildman–Crippen MR) is 122 cm³/mol. The van der Waals surface area contributed by atoms with Crippen molar-refractivity contribution in [3.05, 3.63) is 38.7 Å². The first kappa shape index (κ1) is 22.4. The highest BCUT2D eigenvalue weighted by atomic mass is 79.9. The molecule has 0 saturated heterocycles. The van der Waals surface area contributed by atoms with Crippen molar-refractivity contribution in [2.24, 2.45) is 0 Å². The van der Waals surface area contributed by atoms with Gasteiger partial charge < -0.3 is 20.4 Å². The fourth-order valence-electron chi connectivity index (χ4n) is 2.53. The van der Waals surface area contributed by atoms with Crippen LogP contribution in [0.25, 0.3) is 11.4 Å². The first-order valence-electron chi connectivity index (χ1n) is 9.49. The lowest BCUT2D eigenvalue weighted by atomic mass is 10.1. The van der Waals surface area contributed by atoms with Gasteiger partial charge in [0.15, 0.2) is 5.11 Å². The molecular formula is C20H27BrN4O2S. The number of anilines is 1. The van der Waals surface area contributed by atoms with E-state index in [1.165, 1.54) is 0 Å². The SMILES string of the molecule is CCCNC(=S)Nc1ccc(OCCC)c(-c2nc(C(C)C)c(Br)c(=O)[nH]2)c1. The Bertz CT molecular complexity index is 883. The summed E-state index contributed by atoms with van der Waals surface area (Å²) in [6, 6.07) is 5.66. The zero-order chi connectivity index (χ0) is 20.7. The van der Waals surface area contributed by atoms with Crippen molar-refractivity contribution < 1.29 is 4.74 Å². The number of hydrogen-bond donors (Lipinski definition) is 3. The number of nitrogens with one attached hydrogen (secondary N) is 3. The largest absolute Gasteiger partial charge is 0.493 e. The number of aromatic nitrogens is 2. The van der Waals surface area contributed by atoms with E-state index in [1.54, 1.807) is 0 Å². The Balaban J connectivity index is 2.48. The first-order valence-corrected chi connectivity index (χ1v) is 10.7. The second-order valence-electron chi connectivity index (χ2n) is 6.71. The van der Waals surface area contributed by atoms with Crippen LogP contribution >= 0.6 is 28.1 Å². The van der Waals surface area contributed by atoms with E-state index in [0.29, 0.717) is 39.0 Å². The van der Waals surface area contributed by atoms with Gasteiger partial charge in [-0.3, -0.25) is 4.79 Å². The van der Waals surface area contributed by atoms with E-state index < -0.39 is 0 Å². The van der Waals surface area contributed by atoms with Crippen LogP contribution in [0.4, 0.5) is 5.69 Å². The van der Waals surface area contributed by atoms with E-state index >= 15 is 0 Å². The number of aromatic amines is 1. The molecule has 0 fully saturated rings. The van der Waals surface area contributed by atoms with Crippen LogP contribution in [0, 0.1) is 0 Å². The highest BCUT2D eigenvalue weighted by Gasteiger charge is 2.17. The molecule has 0 aliphatic heterocycles. The minimum absolute atomic E-state index is 0.0996. The summed E-state index contributed by atoms with van der Waals surface area (Å²) in [6.07, 6.45) is 1.87. The average Bonchev–Trinajstić information content (AvgIpc) is 2.67. The molecule has 0 unspecified atom stereocenters. The van der Waals surface area contributed by atoms with E-state index in [2.05, 4.69) is 43.5 Å². The van der Waals surface area contributed by atoms with Gasteiger partial charge in [-0.05, 0) is 65.1 Å². The van der Waals surface area contributed by atoms with Crippen LogP contribution in [-0.4, -0.2) is 28.2 Å². The molecule has 1 aromatic heterocycles. The lowest BCUT2D eigenvalue weighted by molar-refractivity contribution is 0.318.